The normalized spacial score (nSPS) is 23.0. The number of nitro groups is 1. The molecule has 1 fully saturated rings. The van der Waals surface area contributed by atoms with Gasteiger partial charge in [-0.1, -0.05) is 18.5 Å². The van der Waals surface area contributed by atoms with Gasteiger partial charge >= 0.3 is 0 Å². The Morgan fingerprint density at radius 2 is 1.90 bits per heavy atom. The highest BCUT2D eigenvalue weighted by Gasteiger charge is 2.27. The Bertz CT molecular complexity index is 640. The van der Waals surface area contributed by atoms with Crippen LogP contribution in [0.4, 0.5) is 5.69 Å². The van der Waals surface area contributed by atoms with Gasteiger partial charge in [0.15, 0.2) is 0 Å². The van der Waals surface area contributed by atoms with E-state index in [-0.39, 0.29) is 21.6 Å². The fourth-order valence-electron chi connectivity index (χ4n) is 2.47. The van der Waals surface area contributed by atoms with Gasteiger partial charge in [-0.2, -0.15) is 0 Å². The van der Waals surface area contributed by atoms with Crippen LogP contribution in [0.3, 0.4) is 0 Å². The maximum atomic E-state index is 12.4. The molecule has 0 spiro atoms. The van der Waals surface area contributed by atoms with E-state index in [0.717, 1.165) is 31.7 Å². The van der Waals surface area contributed by atoms with Gasteiger partial charge in [0.25, 0.3) is 5.69 Å². The van der Waals surface area contributed by atoms with Crippen LogP contribution < -0.4 is 4.72 Å². The average molecular weight is 333 g/mol. The van der Waals surface area contributed by atoms with Crippen LogP contribution in [-0.2, 0) is 10.0 Å². The Balaban J connectivity index is 2.23. The number of sulfonamides is 1. The number of halogens is 1. The molecule has 2 rings (SSSR count). The Morgan fingerprint density at radius 1 is 1.29 bits per heavy atom. The summed E-state index contributed by atoms with van der Waals surface area (Å²) in [6.07, 6.45) is 3.48. The summed E-state index contributed by atoms with van der Waals surface area (Å²) in [4.78, 5) is 9.88. The first-order chi connectivity index (χ1) is 9.79. The van der Waals surface area contributed by atoms with Gasteiger partial charge < -0.3 is 0 Å². The molecule has 1 saturated carbocycles. The zero-order valence-electron chi connectivity index (χ0n) is 11.6. The number of rotatable bonds is 4. The van der Waals surface area contributed by atoms with Crippen molar-refractivity contribution >= 4 is 27.3 Å². The van der Waals surface area contributed by atoms with E-state index >= 15 is 0 Å². The predicted octanol–water partition coefficient (Wildman–Crippen LogP) is 3.11. The molecule has 0 saturated heterocycles. The molecule has 1 aromatic rings. The topological polar surface area (TPSA) is 89.3 Å². The molecule has 0 bridgehead atoms. The fraction of sp³-hybridized carbons (Fsp3) is 0.538. The van der Waals surface area contributed by atoms with Crippen molar-refractivity contribution in [3.63, 3.8) is 0 Å². The first kappa shape index (κ1) is 16.2. The molecule has 0 aliphatic heterocycles. The molecule has 8 heteroatoms. The quantitative estimate of drug-likeness (QED) is 0.677. The van der Waals surface area contributed by atoms with E-state index in [4.69, 9.17) is 11.6 Å². The number of nitrogens with one attached hydrogen (secondary N) is 1. The molecule has 1 aliphatic rings. The number of nitrogens with zero attached hydrogens (tertiary/aromatic N) is 1. The summed E-state index contributed by atoms with van der Waals surface area (Å²) in [5.41, 5.74) is -0.294. The lowest BCUT2D eigenvalue weighted by Crippen LogP contribution is -2.37. The molecular formula is C13H17ClN2O4S. The molecule has 1 aromatic carbocycles. The van der Waals surface area contributed by atoms with Gasteiger partial charge in [0.2, 0.25) is 10.0 Å². The van der Waals surface area contributed by atoms with Crippen LogP contribution in [-0.4, -0.2) is 19.4 Å². The molecule has 0 unspecified atom stereocenters. The van der Waals surface area contributed by atoms with Crippen molar-refractivity contribution in [3.8, 4) is 0 Å². The standard InChI is InChI=1S/C13H17ClN2O4S/c1-9-2-4-10(5-3-9)15-21(19,20)13-8-11(16(17)18)6-7-12(13)14/h6-10,15H,2-5H2,1H3. The van der Waals surface area contributed by atoms with Crippen molar-refractivity contribution in [2.24, 2.45) is 5.92 Å². The van der Waals surface area contributed by atoms with Gasteiger partial charge in [-0.25, -0.2) is 13.1 Å². The number of hydrogen-bond donors (Lipinski definition) is 1. The van der Waals surface area contributed by atoms with Crippen LogP contribution in [0.25, 0.3) is 0 Å². The van der Waals surface area contributed by atoms with Gasteiger partial charge in [0, 0.05) is 18.2 Å². The Morgan fingerprint density at radius 3 is 2.48 bits per heavy atom. The zero-order chi connectivity index (χ0) is 15.6. The van der Waals surface area contributed by atoms with E-state index in [0.29, 0.717) is 5.92 Å². The van der Waals surface area contributed by atoms with E-state index < -0.39 is 14.9 Å². The van der Waals surface area contributed by atoms with E-state index in [1.807, 2.05) is 0 Å². The molecule has 1 aliphatic carbocycles. The average Bonchev–Trinajstić information content (AvgIpc) is 2.41. The number of benzene rings is 1. The van der Waals surface area contributed by atoms with E-state index in [1.54, 1.807) is 0 Å². The Hall–Kier alpha value is -1.18. The predicted molar refractivity (Wildman–Crippen MR) is 79.8 cm³/mol. The highest BCUT2D eigenvalue weighted by atomic mass is 35.5. The fourth-order valence-corrected chi connectivity index (χ4v) is 4.30. The number of nitro benzene ring substituents is 1. The molecule has 6 nitrogen and oxygen atoms in total. The van der Waals surface area contributed by atoms with Crippen LogP contribution in [0, 0.1) is 16.0 Å². The van der Waals surface area contributed by atoms with Crippen LogP contribution in [0.15, 0.2) is 23.1 Å². The van der Waals surface area contributed by atoms with Gasteiger partial charge in [-0.3, -0.25) is 10.1 Å². The lowest BCUT2D eigenvalue weighted by molar-refractivity contribution is -0.385. The zero-order valence-corrected chi connectivity index (χ0v) is 13.2. The van der Waals surface area contributed by atoms with Crippen LogP contribution in [0.5, 0.6) is 0 Å². The second-order valence-electron chi connectivity index (χ2n) is 5.45. The van der Waals surface area contributed by atoms with Crippen molar-refractivity contribution < 1.29 is 13.3 Å². The molecular weight excluding hydrogens is 316 g/mol. The van der Waals surface area contributed by atoms with Crippen molar-refractivity contribution in [1.29, 1.82) is 0 Å². The minimum absolute atomic E-state index is 0.0164. The van der Waals surface area contributed by atoms with Gasteiger partial charge in [0.05, 0.1) is 9.95 Å². The summed E-state index contributed by atoms with van der Waals surface area (Å²) in [7, 11) is -3.85. The van der Waals surface area contributed by atoms with Gasteiger partial charge in [-0.15, -0.1) is 0 Å². The Kier molecular flexibility index (Phi) is 4.85. The molecule has 0 aromatic heterocycles. The lowest BCUT2D eigenvalue weighted by atomic mass is 9.88. The number of non-ortho nitro benzene ring substituents is 1. The smallest absolute Gasteiger partial charge is 0.258 e. The van der Waals surface area contributed by atoms with Crippen LogP contribution in [0.2, 0.25) is 5.02 Å². The second kappa shape index (κ2) is 6.29. The van der Waals surface area contributed by atoms with E-state index in [9.17, 15) is 18.5 Å². The lowest BCUT2D eigenvalue weighted by Gasteiger charge is -2.26. The van der Waals surface area contributed by atoms with Gasteiger partial charge in [0.1, 0.15) is 4.90 Å². The largest absolute Gasteiger partial charge is 0.270 e. The maximum Gasteiger partial charge on any atom is 0.270 e. The van der Waals surface area contributed by atoms with Crippen LogP contribution >= 0.6 is 11.6 Å². The third kappa shape index (κ3) is 3.93. The Labute approximate surface area is 128 Å². The second-order valence-corrected chi connectivity index (χ2v) is 7.54. The summed E-state index contributed by atoms with van der Waals surface area (Å²) in [6.45, 7) is 2.14. The van der Waals surface area contributed by atoms with Crippen LogP contribution in [0.1, 0.15) is 32.6 Å². The summed E-state index contributed by atoms with van der Waals surface area (Å²) in [5, 5.41) is 10.7. The summed E-state index contributed by atoms with van der Waals surface area (Å²) in [5.74, 6) is 0.604. The highest BCUT2D eigenvalue weighted by molar-refractivity contribution is 7.89. The van der Waals surface area contributed by atoms with Crippen molar-refractivity contribution in [3.05, 3.63) is 33.3 Å². The summed E-state index contributed by atoms with van der Waals surface area (Å²) in [6, 6.07) is 3.28. The van der Waals surface area contributed by atoms with E-state index in [2.05, 4.69) is 11.6 Å². The number of hydrogen-bond acceptors (Lipinski definition) is 4. The molecule has 0 radical (unpaired) electrons. The minimum atomic E-state index is -3.85. The SMILES string of the molecule is CC1CCC(NS(=O)(=O)c2cc([N+](=O)[O-])ccc2Cl)CC1. The molecule has 116 valence electrons. The van der Waals surface area contributed by atoms with Gasteiger partial charge in [-0.05, 0) is 37.7 Å². The molecule has 0 heterocycles. The van der Waals surface area contributed by atoms with Crippen molar-refractivity contribution in [1.82, 2.24) is 4.72 Å². The van der Waals surface area contributed by atoms with Crippen molar-refractivity contribution in [2.75, 3.05) is 0 Å². The molecule has 21 heavy (non-hydrogen) atoms. The third-order valence-corrected chi connectivity index (χ3v) is 5.75. The first-order valence-corrected chi connectivity index (χ1v) is 8.62. The third-order valence-electron chi connectivity index (χ3n) is 3.75. The highest BCUT2D eigenvalue weighted by Crippen LogP contribution is 2.28. The first-order valence-electron chi connectivity index (χ1n) is 6.76. The van der Waals surface area contributed by atoms with Crippen molar-refractivity contribution in [2.45, 2.75) is 43.5 Å². The maximum absolute atomic E-state index is 12.4. The molecule has 0 atom stereocenters. The summed E-state index contributed by atoms with van der Waals surface area (Å²) < 4.78 is 27.3. The molecule has 1 N–H and O–H groups in total. The molecule has 0 amide bonds. The summed E-state index contributed by atoms with van der Waals surface area (Å²) >= 11 is 5.88. The van der Waals surface area contributed by atoms with E-state index in [1.165, 1.54) is 12.1 Å². The minimum Gasteiger partial charge on any atom is -0.258 e. The monoisotopic (exact) mass is 332 g/mol.